The fourth-order valence-corrected chi connectivity index (χ4v) is 2.29. The molecule has 17 heavy (non-hydrogen) atoms. The lowest BCUT2D eigenvalue weighted by Crippen LogP contribution is -2.58. The molecule has 1 N–H and O–H groups in total. The van der Waals surface area contributed by atoms with Crippen LogP contribution in [0.25, 0.3) is 0 Å². The number of nitrogens with zero attached hydrogens (tertiary/aromatic N) is 1. The molecule has 1 saturated heterocycles. The Labute approximate surface area is 102 Å². The van der Waals surface area contributed by atoms with Crippen LogP contribution >= 0.6 is 0 Å². The summed E-state index contributed by atoms with van der Waals surface area (Å²) in [5.41, 5.74) is -0.452. The number of halogens is 1. The molecule has 1 heterocycles. The summed E-state index contributed by atoms with van der Waals surface area (Å²) >= 11 is 0. The molecule has 0 bridgehead atoms. The van der Waals surface area contributed by atoms with E-state index in [-0.39, 0.29) is 12.6 Å². The zero-order valence-corrected chi connectivity index (χ0v) is 10.9. The first kappa shape index (κ1) is 14.4. The number of hydrogen-bond acceptors (Lipinski definition) is 3. The fourth-order valence-electron chi connectivity index (χ4n) is 2.29. The van der Waals surface area contributed by atoms with Crippen LogP contribution in [0.1, 0.15) is 27.7 Å². The molecular weight excluding hydrogens is 225 g/mol. The number of piperidine rings is 1. The van der Waals surface area contributed by atoms with Crippen LogP contribution in [0.4, 0.5) is 4.39 Å². The van der Waals surface area contributed by atoms with E-state index in [1.807, 2.05) is 27.7 Å². The molecule has 5 heteroatoms. The lowest BCUT2D eigenvalue weighted by Gasteiger charge is -2.46. The highest BCUT2D eigenvalue weighted by Gasteiger charge is 2.45. The van der Waals surface area contributed by atoms with Crippen LogP contribution in [0, 0.1) is 5.41 Å². The van der Waals surface area contributed by atoms with Crippen molar-refractivity contribution < 1.29 is 19.0 Å². The molecule has 0 unspecified atom stereocenters. The van der Waals surface area contributed by atoms with Crippen molar-refractivity contribution in [2.24, 2.45) is 5.41 Å². The van der Waals surface area contributed by atoms with Crippen LogP contribution in [0.2, 0.25) is 0 Å². The zero-order chi connectivity index (χ0) is 13.2. The van der Waals surface area contributed by atoms with Gasteiger partial charge in [0.25, 0.3) is 0 Å². The predicted octanol–water partition coefficient (Wildman–Crippen LogP) is 0.979. The molecule has 1 amide bonds. The molecular formula is C12H22FNO3. The van der Waals surface area contributed by atoms with E-state index in [0.717, 1.165) is 0 Å². The highest BCUT2D eigenvalue weighted by molar-refractivity contribution is 5.77. The molecule has 0 saturated carbocycles. The first-order valence-electron chi connectivity index (χ1n) is 5.96. The van der Waals surface area contributed by atoms with Crippen molar-refractivity contribution in [2.75, 3.05) is 19.7 Å². The maximum absolute atomic E-state index is 14.1. The highest BCUT2D eigenvalue weighted by atomic mass is 19.1. The molecule has 1 aliphatic heterocycles. The Morgan fingerprint density at radius 2 is 2.18 bits per heavy atom. The summed E-state index contributed by atoms with van der Waals surface area (Å²) < 4.78 is 19.7. The van der Waals surface area contributed by atoms with E-state index >= 15 is 0 Å². The third-order valence-electron chi connectivity index (χ3n) is 3.00. The summed E-state index contributed by atoms with van der Waals surface area (Å²) in [6.45, 7) is 7.33. The Kier molecular flexibility index (Phi) is 4.49. The number of likely N-dealkylation sites (tertiary alicyclic amines) is 1. The molecule has 100 valence electrons. The quantitative estimate of drug-likeness (QED) is 0.808. The van der Waals surface area contributed by atoms with Crippen LogP contribution < -0.4 is 0 Å². The minimum Gasteiger partial charge on any atom is -0.387 e. The Bertz CT molecular complexity index is 281. The number of rotatable bonds is 3. The Balaban J connectivity index is 2.77. The molecule has 0 aromatic heterocycles. The second-order valence-electron chi connectivity index (χ2n) is 5.54. The number of aliphatic hydroxyl groups excluding tert-OH is 1. The van der Waals surface area contributed by atoms with Crippen molar-refractivity contribution in [1.29, 1.82) is 0 Å². The number of hydrogen-bond donors (Lipinski definition) is 1. The van der Waals surface area contributed by atoms with Crippen molar-refractivity contribution in [3.05, 3.63) is 0 Å². The summed E-state index contributed by atoms with van der Waals surface area (Å²) in [5.74, 6) is -0.427. The summed E-state index contributed by atoms with van der Waals surface area (Å²) in [4.78, 5) is 12.8. The van der Waals surface area contributed by atoms with Crippen molar-refractivity contribution in [3.8, 4) is 0 Å². The fraction of sp³-hybridized carbons (Fsp3) is 0.917. The molecule has 4 nitrogen and oxygen atoms in total. The lowest BCUT2D eigenvalue weighted by molar-refractivity contribution is -0.158. The van der Waals surface area contributed by atoms with Gasteiger partial charge < -0.3 is 14.7 Å². The number of alkyl halides is 1. The molecule has 1 rings (SSSR count). The smallest absolute Gasteiger partial charge is 0.248 e. The van der Waals surface area contributed by atoms with Crippen molar-refractivity contribution >= 4 is 5.91 Å². The summed E-state index contributed by atoms with van der Waals surface area (Å²) in [6.07, 6.45) is -1.76. The van der Waals surface area contributed by atoms with E-state index in [2.05, 4.69) is 0 Å². The standard InChI is InChI=1S/C12H22FNO3/c1-8(2)17-11-9(13)5-14(10(16)6-15)7-12(11,3)4/h8-9,11,15H,5-7H2,1-4H3/t9-,11-/m0/s1. The predicted molar refractivity (Wildman–Crippen MR) is 62.4 cm³/mol. The Morgan fingerprint density at radius 3 is 2.59 bits per heavy atom. The second-order valence-corrected chi connectivity index (χ2v) is 5.54. The van der Waals surface area contributed by atoms with Gasteiger partial charge in [0.15, 0.2) is 0 Å². The highest BCUT2D eigenvalue weighted by Crippen LogP contribution is 2.34. The molecule has 0 aliphatic carbocycles. The summed E-state index contributed by atoms with van der Waals surface area (Å²) in [5, 5.41) is 8.81. The largest absolute Gasteiger partial charge is 0.387 e. The van der Waals surface area contributed by atoms with Gasteiger partial charge >= 0.3 is 0 Å². The maximum Gasteiger partial charge on any atom is 0.248 e. The topological polar surface area (TPSA) is 49.8 Å². The van der Waals surface area contributed by atoms with Gasteiger partial charge in [0.1, 0.15) is 12.8 Å². The molecule has 0 aromatic rings. The van der Waals surface area contributed by atoms with Gasteiger partial charge in [0, 0.05) is 12.0 Å². The number of amides is 1. The van der Waals surface area contributed by atoms with Gasteiger partial charge in [0.05, 0.1) is 18.8 Å². The van der Waals surface area contributed by atoms with Crippen LogP contribution in [0.15, 0.2) is 0 Å². The van der Waals surface area contributed by atoms with Crippen molar-refractivity contribution in [1.82, 2.24) is 4.90 Å². The van der Waals surface area contributed by atoms with Gasteiger partial charge in [-0.05, 0) is 13.8 Å². The van der Waals surface area contributed by atoms with E-state index in [9.17, 15) is 9.18 Å². The monoisotopic (exact) mass is 247 g/mol. The summed E-state index contributed by atoms with van der Waals surface area (Å²) in [6, 6.07) is 0. The molecule has 1 aliphatic rings. The van der Waals surface area contributed by atoms with E-state index in [4.69, 9.17) is 9.84 Å². The molecule has 2 atom stereocenters. The molecule has 0 spiro atoms. The third kappa shape index (κ3) is 3.39. The first-order valence-corrected chi connectivity index (χ1v) is 5.96. The summed E-state index contributed by atoms with van der Waals surface area (Å²) in [7, 11) is 0. The zero-order valence-electron chi connectivity index (χ0n) is 10.9. The van der Waals surface area contributed by atoms with Gasteiger partial charge in [0.2, 0.25) is 5.91 Å². The van der Waals surface area contributed by atoms with Gasteiger partial charge in [-0.1, -0.05) is 13.8 Å². The molecule has 0 aromatic carbocycles. The average Bonchev–Trinajstić information content (AvgIpc) is 2.21. The first-order chi connectivity index (χ1) is 7.77. The second kappa shape index (κ2) is 5.31. The van der Waals surface area contributed by atoms with E-state index in [1.165, 1.54) is 4.90 Å². The Morgan fingerprint density at radius 1 is 1.59 bits per heavy atom. The number of carbonyl (C=O) groups is 1. The van der Waals surface area contributed by atoms with Crippen molar-refractivity contribution in [2.45, 2.75) is 46.1 Å². The van der Waals surface area contributed by atoms with E-state index < -0.39 is 30.2 Å². The minimum atomic E-state index is -1.21. The molecule has 1 fully saturated rings. The van der Waals surface area contributed by atoms with E-state index in [1.54, 1.807) is 0 Å². The number of ether oxygens (including phenoxy) is 1. The minimum absolute atomic E-state index is 0.000208. The average molecular weight is 247 g/mol. The van der Waals surface area contributed by atoms with Gasteiger partial charge in [-0.25, -0.2) is 4.39 Å². The normalized spacial score (nSPS) is 28.5. The Hall–Kier alpha value is -0.680. The van der Waals surface area contributed by atoms with Crippen molar-refractivity contribution in [3.63, 3.8) is 0 Å². The van der Waals surface area contributed by atoms with Gasteiger partial charge in [-0.3, -0.25) is 4.79 Å². The number of carbonyl (C=O) groups excluding carboxylic acids is 1. The van der Waals surface area contributed by atoms with Crippen LogP contribution in [-0.2, 0) is 9.53 Å². The van der Waals surface area contributed by atoms with E-state index in [0.29, 0.717) is 6.54 Å². The van der Waals surface area contributed by atoms with Gasteiger partial charge in [-0.15, -0.1) is 0 Å². The SMILES string of the molecule is CC(C)O[C@H]1[C@@H](F)CN(C(=O)CO)CC1(C)C. The third-order valence-corrected chi connectivity index (χ3v) is 3.00. The lowest BCUT2D eigenvalue weighted by atomic mass is 9.80. The van der Waals surface area contributed by atoms with Crippen LogP contribution in [0.5, 0.6) is 0 Å². The van der Waals surface area contributed by atoms with Gasteiger partial charge in [-0.2, -0.15) is 0 Å². The van der Waals surface area contributed by atoms with Crippen LogP contribution in [0.3, 0.4) is 0 Å². The van der Waals surface area contributed by atoms with Crippen LogP contribution in [-0.4, -0.2) is 54.0 Å². The number of aliphatic hydroxyl groups is 1. The molecule has 0 radical (unpaired) electrons. The maximum atomic E-state index is 14.1.